The first kappa shape index (κ1) is 14.1. The van der Waals surface area contributed by atoms with Crippen LogP contribution in [0.25, 0.3) is 0 Å². The highest BCUT2D eigenvalue weighted by Crippen LogP contribution is 2.38. The quantitative estimate of drug-likeness (QED) is 0.772. The van der Waals surface area contributed by atoms with Gasteiger partial charge in [-0.15, -0.1) is 11.8 Å². The van der Waals surface area contributed by atoms with Gasteiger partial charge in [-0.1, -0.05) is 6.92 Å². The Morgan fingerprint density at radius 2 is 2.26 bits per heavy atom. The number of carbonyl (C=O) groups is 1. The third-order valence-electron chi connectivity index (χ3n) is 3.11. The topological polar surface area (TPSA) is 38.7 Å². The van der Waals surface area contributed by atoms with Crippen LogP contribution in [0.3, 0.4) is 0 Å². The Morgan fingerprint density at radius 1 is 1.47 bits per heavy atom. The molecular formula is C15H19NO2S. The van der Waals surface area contributed by atoms with E-state index < -0.39 is 0 Å². The zero-order chi connectivity index (χ0) is 13.8. The average Bonchev–Trinajstić information content (AvgIpc) is 2.73. The predicted molar refractivity (Wildman–Crippen MR) is 79.8 cm³/mol. The molecule has 1 aromatic rings. The van der Waals surface area contributed by atoms with Gasteiger partial charge in [0.2, 0.25) is 0 Å². The Kier molecular flexibility index (Phi) is 4.64. The van der Waals surface area contributed by atoms with Crippen molar-refractivity contribution in [1.82, 2.24) is 0 Å². The summed E-state index contributed by atoms with van der Waals surface area (Å²) in [4.78, 5) is 17.7. The zero-order valence-electron chi connectivity index (χ0n) is 11.6. The van der Waals surface area contributed by atoms with E-state index in [0.29, 0.717) is 6.61 Å². The van der Waals surface area contributed by atoms with E-state index in [1.807, 2.05) is 25.1 Å². The fraction of sp³-hybridized carbons (Fsp3) is 0.467. The van der Waals surface area contributed by atoms with Crippen molar-refractivity contribution < 1.29 is 9.53 Å². The van der Waals surface area contributed by atoms with Crippen LogP contribution in [0.1, 0.15) is 37.6 Å². The van der Waals surface area contributed by atoms with Crippen molar-refractivity contribution in [1.29, 1.82) is 0 Å². The molecule has 1 heterocycles. The summed E-state index contributed by atoms with van der Waals surface area (Å²) >= 11 is 1.57. The van der Waals surface area contributed by atoms with E-state index in [1.165, 1.54) is 0 Å². The standard InChI is InChI=1S/C15H19NO2S/c1-4-10(3)16-9-14-15(17)12-8-11(18-5-2)6-7-13(12)19-14/h6-10,14H,4-5H2,1-3H3/t10-,14?/m1/s1. The third kappa shape index (κ3) is 3.18. The van der Waals surface area contributed by atoms with Crippen LogP contribution < -0.4 is 4.74 Å². The molecule has 0 spiro atoms. The molecule has 0 aromatic heterocycles. The molecule has 0 radical (unpaired) electrons. The van der Waals surface area contributed by atoms with Crippen molar-refractivity contribution in [3.63, 3.8) is 0 Å². The zero-order valence-corrected chi connectivity index (χ0v) is 12.4. The highest BCUT2D eigenvalue weighted by Gasteiger charge is 2.30. The summed E-state index contributed by atoms with van der Waals surface area (Å²) in [5.74, 6) is 0.892. The van der Waals surface area contributed by atoms with Gasteiger partial charge in [0, 0.05) is 22.7 Å². The molecular weight excluding hydrogens is 258 g/mol. The lowest BCUT2D eigenvalue weighted by atomic mass is 10.1. The molecule has 0 bridgehead atoms. The van der Waals surface area contributed by atoms with Gasteiger partial charge in [-0.3, -0.25) is 9.79 Å². The lowest BCUT2D eigenvalue weighted by molar-refractivity contribution is 0.101. The maximum atomic E-state index is 12.3. The third-order valence-corrected chi connectivity index (χ3v) is 4.31. The minimum Gasteiger partial charge on any atom is -0.494 e. The van der Waals surface area contributed by atoms with E-state index in [9.17, 15) is 4.79 Å². The van der Waals surface area contributed by atoms with E-state index in [4.69, 9.17) is 4.74 Å². The number of benzene rings is 1. The minimum absolute atomic E-state index is 0.133. The van der Waals surface area contributed by atoms with Crippen LogP contribution in [0.4, 0.5) is 0 Å². The summed E-state index contributed by atoms with van der Waals surface area (Å²) < 4.78 is 5.44. The fourth-order valence-electron chi connectivity index (χ4n) is 1.83. The van der Waals surface area contributed by atoms with Crippen LogP contribution in [0.2, 0.25) is 0 Å². The van der Waals surface area contributed by atoms with Crippen molar-refractivity contribution in [2.24, 2.45) is 4.99 Å². The number of thioether (sulfide) groups is 1. The van der Waals surface area contributed by atoms with Crippen LogP contribution in [-0.2, 0) is 0 Å². The SMILES string of the molecule is CCOc1ccc2c(c1)C(=O)C(C=N[C@H](C)CC)S2. The van der Waals surface area contributed by atoms with Crippen LogP contribution in [0, 0.1) is 0 Å². The van der Waals surface area contributed by atoms with E-state index in [0.717, 1.165) is 22.6 Å². The lowest BCUT2D eigenvalue weighted by Gasteiger charge is -2.03. The molecule has 0 amide bonds. The van der Waals surface area contributed by atoms with Crippen molar-refractivity contribution in [2.75, 3.05) is 6.61 Å². The number of hydrogen-bond acceptors (Lipinski definition) is 4. The maximum absolute atomic E-state index is 12.3. The molecule has 1 unspecified atom stereocenters. The Hall–Kier alpha value is -1.29. The largest absolute Gasteiger partial charge is 0.494 e. The second-order valence-electron chi connectivity index (χ2n) is 4.55. The second kappa shape index (κ2) is 6.24. The molecule has 4 heteroatoms. The Labute approximate surface area is 118 Å². The molecule has 0 saturated heterocycles. The predicted octanol–water partition coefficient (Wildman–Crippen LogP) is 3.61. The fourth-order valence-corrected chi connectivity index (χ4v) is 2.90. The van der Waals surface area contributed by atoms with Crippen molar-refractivity contribution >= 4 is 23.8 Å². The number of aliphatic imine (C=N–C) groups is 1. The number of fused-ring (bicyclic) bond motifs is 1. The molecule has 2 atom stereocenters. The van der Waals surface area contributed by atoms with Gasteiger partial charge in [-0.05, 0) is 38.5 Å². The normalized spacial score (nSPS) is 19.7. The van der Waals surface area contributed by atoms with Gasteiger partial charge in [-0.25, -0.2) is 0 Å². The van der Waals surface area contributed by atoms with Crippen LogP contribution in [0.15, 0.2) is 28.1 Å². The molecule has 1 aliphatic rings. The molecule has 2 rings (SSSR count). The van der Waals surface area contributed by atoms with E-state index in [-0.39, 0.29) is 17.1 Å². The molecule has 0 saturated carbocycles. The molecule has 19 heavy (non-hydrogen) atoms. The lowest BCUT2D eigenvalue weighted by Crippen LogP contribution is -2.14. The summed E-state index contributed by atoms with van der Waals surface area (Å²) in [6.07, 6.45) is 2.78. The smallest absolute Gasteiger partial charge is 0.182 e. The monoisotopic (exact) mass is 277 g/mol. The van der Waals surface area contributed by atoms with E-state index >= 15 is 0 Å². The van der Waals surface area contributed by atoms with Crippen LogP contribution >= 0.6 is 11.8 Å². The molecule has 1 aliphatic heterocycles. The molecule has 102 valence electrons. The molecule has 1 aromatic carbocycles. The van der Waals surface area contributed by atoms with Gasteiger partial charge in [0.25, 0.3) is 0 Å². The summed E-state index contributed by atoms with van der Waals surface area (Å²) in [7, 11) is 0. The first-order valence-electron chi connectivity index (χ1n) is 6.66. The van der Waals surface area contributed by atoms with Crippen molar-refractivity contribution in [3.8, 4) is 5.75 Å². The first-order valence-corrected chi connectivity index (χ1v) is 7.54. The van der Waals surface area contributed by atoms with Gasteiger partial charge in [0.15, 0.2) is 5.78 Å². The van der Waals surface area contributed by atoms with Crippen molar-refractivity contribution in [3.05, 3.63) is 23.8 Å². The molecule has 0 aliphatic carbocycles. The van der Waals surface area contributed by atoms with Crippen molar-refractivity contribution in [2.45, 2.75) is 43.4 Å². The highest BCUT2D eigenvalue weighted by atomic mass is 32.2. The highest BCUT2D eigenvalue weighted by molar-refractivity contribution is 8.02. The van der Waals surface area contributed by atoms with Crippen LogP contribution in [0.5, 0.6) is 5.75 Å². The van der Waals surface area contributed by atoms with Gasteiger partial charge in [-0.2, -0.15) is 0 Å². The molecule has 0 fully saturated rings. The Bertz CT molecular complexity index is 499. The van der Waals surface area contributed by atoms with E-state index in [2.05, 4.69) is 18.8 Å². The first-order chi connectivity index (χ1) is 9.15. The van der Waals surface area contributed by atoms with Gasteiger partial charge in [0.05, 0.1) is 6.61 Å². The number of ketones is 1. The number of rotatable bonds is 5. The molecule has 0 N–H and O–H groups in total. The minimum atomic E-state index is -0.180. The number of hydrogen-bond donors (Lipinski definition) is 0. The van der Waals surface area contributed by atoms with Gasteiger partial charge >= 0.3 is 0 Å². The van der Waals surface area contributed by atoms with Crippen LogP contribution in [-0.4, -0.2) is 29.9 Å². The van der Waals surface area contributed by atoms with E-state index in [1.54, 1.807) is 18.0 Å². The second-order valence-corrected chi connectivity index (χ2v) is 5.73. The molecule has 3 nitrogen and oxygen atoms in total. The number of ether oxygens (including phenoxy) is 1. The summed E-state index contributed by atoms with van der Waals surface area (Å²) in [5.41, 5.74) is 0.761. The average molecular weight is 277 g/mol. The Morgan fingerprint density at radius 3 is 2.95 bits per heavy atom. The Balaban J connectivity index is 2.15. The van der Waals surface area contributed by atoms with Gasteiger partial charge in [0.1, 0.15) is 11.0 Å². The summed E-state index contributed by atoms with van der Waals surface area (Å²) in [6, 6.07) is 5.98. The van der Waals surface area contributed by atoms with Gasteiger partial charge < -0.3 is 4.74 Å². The summed E-state index contributed by atoms with van der Waals surface area (Å²) in [5, 5.41) is -0.180. The number of Topliss-reactive ketones (excluding diaryl/α,β-unsaturated/α-hetero) is 1. The maximum Gasteiger partial charge on any atom is 0.182 e. The number of nitrogens with zero attached hydrogens (tertiary/aromatic N) is 1. The summed E-state index contributed by atoms with van der Waals surface area (Å²) in [6.45, 7) is 6.69. The number of carbonyl (C=O) groups excluding carboxylic acids is 1.